The highest BCUT2D eigenvalue weighted by molar-refractivity contribution is 6.04. The monoisotopic (exact) mass is 267 g/mol. The molecule has 0 N–H and O–H groups in total. The minimum atomic E-state index is -0.277. The van der Waals surface area contributed by atoms with Crippen molar-refractivity contribution in [3.8, 4) is 11.1 Å². The number of para-hydroxylation sites is 1. The van der Waals surface area contributed by atoms with Crippen LogP contribution < -0.4 is 0 Å². The first-order valence-corrected chi connectivity index (χ1v) is 6.58. The molecule has 0 aliphatic rings. The first-order chi connectivity index (χ1) is 9.76. The van der Waals surface area contributed by atoms with Crippen molar-refractivity contribution >= 4 is 17.2 Å². The predicted octanol–water partition coefficient (Wildman–Crippen LogP) is 4.28. The summed E-state index contributed by atoms with van der Waals surface area (Å²) < 4.78 is 15.1. The third kappa shape index (κ3) is 1.83. The highest BCUT2D eigenvalue weighted by Crippen LogP contribution is 2.34. The molecule has 20 heavy (non-hydrogen) atoms. The average Bonchev–Trinajstić information content (AvgIpc) is 2.81. The standard InChI is InChI=1S/C17H14FNO/c1-2-19-15-6-4-3-5-14(15)17(16(19)11-20)12-7-9-13(18)10-8-12/h3-11H,2H2,1H3. The molecule has 0 fully saturated rings. The number of aromatic nitrogens is 1. The maximum absolute atomic E-state index is 13.1. The molecule has 0 spiro atoms. The van der Waals surface area contributed by atoms with E-state index in [1.165, 1.54) is 12.1 Å². The highest BCUT2D eigenvalue weighted by atomic mass is 19.1. The van der Waals surface area contributed by atoms with Crippen LogP contribution in [0.25, 0.3) is 22.0 Å². The minimum absolute atomic E-state index is 0.277. The van der Waals surface area contributed by atoms with E-state index in [1.807, 2.05) is 35.8 Å². The van der Waals surface area contributed by atoms with Crippen molar-refractivity contribution in [3.63, 3.8) is 0 Å². The zero-order valence-corrected chi connectivity index (χ0v) is 11.1. The van der Waals surface area contributed by atoms with Crippen molar-refractivity contribution in [1.82, 2.24) is 4.57 Å². The van der Waals surface area contributed by atoms with Crippen LogP contribution in [0.1, 0.15) is 17.4 Å². The average molecular weight is 267 g/mol. The fourth-order valence-electron chi connectivity index (χ4n) is 2.71. The van der Waals surface area contributed by atoms with Crippen LogP contribution in [-0.4, -0.2) is 10.9 Å². The van der Waals surface area contributed by atoms with Gasteiger partial charge < -0.3 is 4.57 Å². The van der Waals surface area contributed by atoms with Crippen LogP contribution in [0.4, 0.5) is 4.39 Å². The molecule has 2 aromatic carbocycles. The van der Waals surface area contributed by atoms with Gasteiger partial charge in [0.05, 0.1) is 5.69 Å². The molecule has 100 valence electrons. The van der Waals surface area contributed by atoms with E-state index in [2.05, 4.69) is 0 Å². The molecule has 0 aliphatic carbocycles. The van der Waals surface area contributed by atoms with Crippen LogP contribution >= 0.6 is 0 Å². The van der Waals surface area contributed by atoms with Gasteiger partial charge in [0, 0.05) is 23.0 Å². The number of halogens is 1. The maximum Gasteiger partial charge on any atom is 0.167 e. The molecule has 0 bridgehead atoms. The van der Waals surface area contributed by atoms with Gasteiger partial charge in [-0.25, -0.2) is 4.39 Å². The van der Waals surface area contributed by atoms with Gasteiger partial charge in [-0.3, -0.25) is 4.79 Å². The van der Waals surface area contributed by atoms with Gasteiger partial charge in [0.25, 0.3) is 0 Å². The van der Waals surface area contributed by atoms with Gasteiger partial charge in [-0.05, 0) is 30.7 Å². The van der Waals surface area contributed by atoms with E-state index in [1.54, 1.807) is 12.1 Å². The number of hydrogen-bond donors (Lipinski definition) is 0. The zero-order chi connectivity index (χ0) is 14.1. The summed E-state index contributed by atoms with van der Waals surface area (Å²) in [6.07, 6.45) is 0.877. The van der Waals surface area contributed by atoms with Crippen LogP contribution in [0.15, 0.2) is 48.5 Å². The van der Waals surface area contributed by atoms with Gasteiger partial charge >= 0.3 is 0 Å². The number of carbonyl (C=O) groups excluding carboxylic acids is 1. The SMILES string of the molecule is CCn1c(C=O)c(-c2ccc(F)cc2)c2ccccc21. The van der Waals surface area contributed by atoms with Crippen LogP contribution in [-0.2, 0) is 6.54 Å². The summed E-state index contributed by atoms with van der Waals surface area (Å²) in [4.78, 5) is 11.5. The van der Waals surface area contributed by atoms with Gasteiger partial charge in [0.2, 0.25) is 0 Å². The Hall–Kier alpha value is -2.42. The molecule has 0 atom stereocenters. The summed E-state index contributed by atoms with van der Waals surface area (Å²) in [5.74, 6) is -0.277. The van der Waals surface area contributed by atoms with E-state index in [4.69, 9.17) is 0 Å². The molecule has 1 heterocycles. The molecule has 1 aromatic heterocycles. The second kappa shape index (κ2) is 4.93. The molecule has 0 unspecified atom stereocenters. The number of nitrogens with zero attached hydrogens (tertiary/aromatic N) is 1. The maximum atomic E-state index is 13.1. The van der Waals surface area contributed by atoms with E-state index in [9.17, 15) is 9.18 Å². The molecule has 0 saturated heterocycles. The second-order valence-corrected chi connectivity index (χ2v) is 4.65. The summed E-state index contributed by atoms with van der Waals surface area (Å²) in [5, 5.41) is 1.02. The molecule has 3 rings (SSSR count). The van der Waals surface area contributed by atoms with Crippen molar-refractivity contribution in [2.45, 2.75) is 13.5 Å². The topological polar surface area (TPSA) is 22.0 Å². The lowest BCUT2D eigenvalue weighted by molar-refractivity contribution is 0.111. The Balaban J connectivity index is 2.39. The van der Waals surface area contributed by atoms with Crippen molar-refractivity contribution in [2.24, 2.45) is 0 Å². The Labute approximate surface area is 116 Å². The Morgan fingerprint density at radius 1 is 1.10 bits per heavy atom. The lowest BCUT2D eigenvalue weighted by atomic mass is 10.0. The Morgan fingerprint density at radius 2 is 1.80 bits per heavy atom. The number of aryl methyl sites for hydroxylation is 1. The number of fused-ring (bicyclic) bond motifs is 1. The molecule has 0 radical (unpaired) electrons. The number of hydrogen-bond acceptors (Lipinski definition) is 1. The van der Waals surface area contributed by atoms with Crippen molar-refractivity contribution in [1.29, 1.82) is 0 Å². The quantitative estimate of drug-likeness (QED) is 0.649. The smallest absolute Gasteiger partial charge is 0.167 e. The van der Waals surface area contributed by atoms with Crippen LogP contribution in [0.3, 0.4) is 0 Å². The Kier molecular flexibility index (Phi) is 3.11. The molecule has 3 heteroatoms. The number of carbonyl (C=O) groups is 1. The summed E-state index contributed by atoms with van der Waals surface area (Å²) in [5.41, 5.74) is 3.39. The lowest BCUT2D eigenvalue weighted by Gasteiger charge is -2.04. The second-order valence-electron chi connectivity index (χ2n) is 4.65. The molecule has 0 aliphatic heterocycles. The van der Waals surface area contributed by atoms with E-state index in [-0.39, 0.29) is 5.82 Å². The summed E-state index contributed by atoms with van der Waals surface area (Å²) in [6, 6.07) is 14.2. The molecule has 0 saturated carbocycles. The fraction of sp³-hybridized carbons (Fsp3) is 0.118. The van der Waals surface area contributed by atoms with E-state index in [0.717, 1.165) is 34.9 Å². The van der Waals surface area contributed by atoms with E-state index < -0.39 is 0 Å². The minimum Gasteiger partial charge on any atom is -0.338 e. The molecule has 0 amide bonds. The summed E-state index contributed by atoms with van der Waals surface area (Å²) >= 11 is 0. The van der Waals surface area contributed by atoms with Crippen LogP contribution in [0.2, 0.25) is 0 Å². The number of aldehydes is 1. The third-order valence-corrected chi connectivity index (χ3v) is 3.57. The Bertz CT molecular complexity index is 772. The molecular formula is C17H14FNO. The number of rotatable bonds is 3. The fourth-order valence-corrected chi connectivity index (χ4v) is 2.71. The predicted molar refractivity (Wildman–Crippen MR) is 78.4 cm³/mol. The number of benzene rings is 2. The lowest BCUT2D eigenvalue weighted by Crippen LogP contribution is -1.99. The summed E-state index contributed by atoms with van der Waals surface area (Å²) in [6.45, 7) is 2.73. The highest BCUT2D eigenvalue weighted by Gasteiger charge is 2.16. The zero-order valence-electron chi connectivity index (χ0n) is 11.1. The first kappa shape index (κ1) is 12.6. The largest absolute Gasteiger partial charge is 0.338 e. The molecule has 3 aromatic rings. The van der Waals surface area contributed by atoms with Crippen molar-refractivity contribution < 1.29 is 9.18 Å². The van der Waals surface area contributed by atoms with Crippen LogP contribution in [0, 0.1) is 5.82 Å². The van der Waals surface area contributed by atoms with Crippen molar-refractivity contribution in [2.75, 3.05) is 0 Å². The first-order valence-electron chi connectivity index (χ1n) is 6.58. The molecule has 2 nitrogen and oxygen atoms in total. The third-order valence-electron chi connectivity index (χ3n) is 3.57. The Morgan fingerprint density at radius 3 is 2.45 bits per heavy atom. The van der Waals surface area contributed by atoms with Gasteiger partial charge in [0.15, 0.2) is 6.29 Å². The van der Waals surface area contributed by atoms with Gasteiger partial charge in [-0.2, -0.15) is 0 Å². The van der Waals surface area contributed by atoms with Gasteiger partial charge in [-0.15, -0.1) is 0 Å². The van der Waals surface area contributed by atoms with Gasteiger partial charge in [0.1, 0.15) is 5.82 Å². The van der Waals surface area contributed by atoms with E-state index >= 15 is 0 Å². The summed E-state index contributed by atoms with van der Waals surface area (Å²) in [7, 11) is 0. The van der Waals surface area contributed by atoms with Crippen molar-refractivity contribution in [3.05, 3.63) is 60.0 Å². The van der Waals surface area contributed by atoms with E-state index in [0.29, 0.717) is 5.69 Å². The normalized spacial score (nSPS) is 10.9. The van der Waals surface area contributed by atoms with Gasteiger partial charge in [-0.1, -0.05) is 30.3 Å². The van der Waals surface area contributed by atoms with Crippen LogP contribution in [0.5, 0.6) is 0 Å². The molecular weight excluding hydrogens is 253 g/mol.